The Morgan fingerprint density at radius 2 is 1.86 bits per heavy atom. The van der Waals surface area contributed by atoms with Gasteiger partial charge in [0.1, 0.15) is 11.4 Å². The summed E-state index contributed by atoms with van der Waals surface area (Å²) in [6.07, 6.45) is 5.29. The van der Waals surface area contributed by atoms with Crippen LogP contribution in [0.2, 0.25) is 0 Å². The number of para-hydroxylation sites is 1. The van der Waals surface area contributed by atoms with Crippen molar-refractivity contribution in [2.75, 3.05) is 49.8 Å². The third kappa shape index (κ3) is 5.42. The van der Waals surface area contributed by atoms with Gasteiger partial charge in [0.2, 0.25) is 0 Å². The highest BCUT2D eigenvalue weighted by Crippen LogP contribution is 2.43. The molecule has 1 aliphatic heterocycles. The minimum atomic E-state index is -3.61. The number of hydrogen-bond acceptors (Lipinski definition) is 8. The largest absolute Gasteiger partial charge is 0.384 e. The lowest BCUT2D eigenvalue weighted by atomic mass is 9.81. The first-order valence-electron chi connectivity index (χ1n) is 13.1. The molecule has 0 atom stereocenters. The molecule has 3 heterocycles. The van der Waals surface area contributed by atoms with E-state index in [4.69, 9.17) is 20.6 Å². The van der Waals surface area contributed by atoms with Crippen LogP contribution in [0.25, 0.3) is 16.7 Å². The Morgan fingerprint density at radius 3 is 2.49 bits per heavy atom. The van der Waals surface area contributed by atoms with Gasteiger partial charge in [-0.15, -0.1) is 0 Å². The van der Waals surface area contributed by atoms with Crippen LogP contribution in [-0.2, 0) is 14.6 Å². The Hall–Kier alpha value is -2.82. The molecule has 2 N–H and O–H groups in total. The maximum Gasteiger partial charge on any atom is 0.196 e. The first-order valence-corrected chi connectivity index (χ1v) is 14.9. The van der Waals surface area contributed by atoms with Crippen molar-refractivity contribution in [2.45, 2.75) is 38.0 Å². The smallest absolute Gasteiger partial charge is 0.196 e. The molecule has 37 heavy (non-hydrogen) atoms. The molecular formula is C27H35N5O4S. The number of benzene rings is 1. The third-order valence-corrected chi connectivity index (χ3v) is 9.12. The number of methoxy groups -OCH3 is 1. The number of nitrogens with two attached hydrogens (primary N) is 1. The second-order valence-corrected chi connectivity index (χ2v) is 12.4. The molecule has 5 rings (SSSR count). The van der Waals surface area contributed by atoms with Gasteiger partial charge >= 0.3 is 0 Å². The number of aromatic nitrogens is 3. The Balaban J connectivity index is 1.65. The van der Waals surface area contributed by atoms with Crippen LogP contribution in [0.4, 0.5) is 5.69 Å². The number of nitrogens with zero attached hydrogens (tertiary/aromatic N) is 4. The first-order chi connectivity index (χ1) is 17.9. The SMILES string of the molecule is COCC1CCN(c2cc(C(=O)CS(=O)(=O)CCN)nc3c2c(C2CCC2)nn3-c2ccccc2)CC1. The Bertz CT molecular complexity index is 1360. The van der Waals surface area contributed by atoms with Crippen LogP contribution in [-0.4, -0.2) is 73.8 Å². The van der Waals surface area contributed by atoms with Crippen LogP contribution in [0.1, 0.15) is 54.2 Å². The summed E-state index contributed by atoms with van der Waals surface area (Å²) in [4.78, 5) is 20.3. The van der Waals surface area contributed by atoms with Gasteiger partial charge in [-0.25, -0.2) is 18.1 Å². The van der Waals surface area contributed by atoms with Gasteiger partial charge in [0.25, 0.3) is 0 Å². The second-order valence-electron chi connectivity index (χ2n) is 10.2. The normalized spacial score (nSPS) is 17.3. The van der Waals surface area contributed by atoms with Crippen molar-refractivity contribution in [3.63, 3.8) is 0 Å². The number of carbonyl (C=O) groups is 1. The van der Waals surface area contributed by atoms with Gasteiger partial charge in [0.15, 0.2) is 21.3 Å². The maximum absolute atomic E-state index is 13.3. The number of Topliss-reactive ketones (excluding diaryl/α,β-unsaturated/α-hetero) is 1. The van der Waals surface area contributed by atoms with Crippen LogP contribution < -0.4 is 10.6 Å². The van der Waals surface area contributed by atoms with Gasteiger partial charge in [-0.05, 0) is 49.8 Å². The van der Waals surface area contributed by atoms with E-state index in [9.17, 15) is 13.2 Å². The summed E-state index contributed by atoms with van der Waals surface area (Å²) in [5.74, 6) is -0.497. The van der Waals surface area contributed by atoms with E-state index in [0.29, 0.717) is 17.5 Å². The molecule has 10 heteroatoms. The highest BCUT2D eigenvalue weighted by atomic mass is 32.2. The lowest BCUT2D eigenvalue weighted by molar-refractivity contribution is 0.101. The minimum Gasteiger partial charge on any atom is -0.384 e. The quantitative estimate of drug-likeness (QED) is 0.401. The van der Waals surface area contributed by atoms with E-state index < -0.39 is 21.4 Å². The summed E-state index contributed by atoms with van der Waals surface area (Å²) in [5.41, 5.74) is 9.00. The molecular weight excluding hydrogens is 490 g/mol. The molecule has 198 valence electrons. The molecule has 2 aliphatic rings. The molecule has 3 aromatic rings. The van der Waals surface area contributed by atoms with E-state index in [2.05, 4.69) is 4.90 Å². The fourth-order valence-electron chi connectivity index (χ4n) is 5.33. The summed E-state index contributed by atoms with van der Waals surface area (Å²) in [6.45, 7) is 2.37. The van der Waals surface area contributed by atoms with Gasteiger partial charge in [-0.2, -0.15) is 5.10 Å². The van der Waals surface area contributed by atoms with Crippen LogP contribution in [0, 0.1) is 5.92 Å². The standard InChI is InChI=1S/C27H35N5O4S/c1-36-17-19-10-13-31(14-11-19)23-16-22(24(33)18-37(34,35)15-12-28)29-27-25(23)26(20-6-5-7-20)30-32(27)21-8-3-2-4-9-21/h2-4,8-9,16,19-20H,5-7,10-15,17-18,28H2,1H3. The topological polar surface area (TPSA) is 120 Å². The highest BCUT2D eigenvalue weighted by molar-refractivity contribution is 7.92. The fourth-order valence-corrected chi connectivity index (χ4v) is 6.38. The van der Waals surface area contributed by atoms with Crippen molar-refractivity contribution in [3.8, 4) is 5.69 Å². The molecule has 1 saturated heterocycles. The Labute approximate surface area is 217 Å². The molecule has 1 aliphatic carbocycles. The molecule has 2 aromatic heterocycles. The molecule has 0 unspecified atom stereocenters. The van der Waals surface area contributed by atoms with Crippen molar-refractivity contribution >= 4 is 32.3 Å². The number of pyridine rings is 1. The average Bonchev–Trinajstić information content (AvgIpc) is 3.22. The second kappa shape index (κ2) is 10.9. The van der Waals surface area contributed by atoms with Crippen molar-refractivity contribution < 1.29 is 17.9 Å². The number of ether oxygens (including phenoxy) is 1. The summed E-state index contributed by atoms with van der Waals surface area (Å²) in [5, 5.41) is 6.02. The van der Waals surface area contributed by atoms with E-state index in [1.165, 1.54) is 6.42 Å². The van der Waals surface area contributed by atoms with E-state index in [0.717, 1.165) is 67.8 Å². The van der Waals surface area contributed by atoms with Gasteiger partial charge in [-0.1, -0.05) is 24.6 Å². The van der Waals surface area contributed by atoms with Crippen molar-refractivity contribution in [3.05, 3.63) is 47.8 Å². The number of sulfone groups is 1. The van der Waals surface area contributed by atoms with E-state index >= 15 is 0 Å². The van der Waals surface area contributed by atoms with Crippen LogP contribution in [0.15, 0.2) is 36.4 Å². The molecule has 9 nitrogen and oxygen atoms in total. The van der Waals surface area contributed by atoms with Crippen molar-refractivity contribution in [2.24, 2.45) is 11.7 Å². The first kappa shape index (κ1) is 25.8. The van der Waals surface area contributed by atoms with Gasteiger partial charge in [0, 0.05) is 39.3 Å². The van der Waals surface area contributed by atoms with Gasteiger partial charge < -0.3 is 15.4 Å². The number of hydrogen-bond donors (Lipinski definition) is 1. The minimum absolute atomic E-state index is 0.0186. The maximum atomic E-state index is 13.3. The van der Waals surface area contributed by atoms with E-state index in [-0.39, 0.29) is 18.0 Å². The lowest BCUT2D eigenvalue weighted by Gasteiger charge is -2.34. The molecule has 2 fully saturated rings. The van der Waals surface area contributed by atoms with Crippen molar-refractivity contribution in [1.29, 1.82) is 0 Å². The molecule has 0 bridgehead atoms. The number of ketones is 1. The predicted octanol–water partition coefficient (Wildman–Crippen LogP) is 3.11. The summed E-state index contributed by atoms with van der Waals surface area (Å²) < 4.78 is 32.0. The van der Waals surface area contributed by atoms with Gasteiger partial charge in [-0.3, -0.25) is 4.79 Å². The van der Waals surface area contributed by atoms with Crippen LogP contribution in [0.5, 0.6) is 0 Å². The zero-order valence-electron chi connectivity index (χ0n) is 21.3. The summed E-state index contributed by atoms with van der Waals surface area (Å²) >= 11 is 0. The summed E-state index contributed by atoms with van der Waals surface area (Å²) in [7, 11) is -1.88. The molecule has 1 saturated carbocycles. The molecule has 1 aromatic carbocycles. The lowest BCUT2D eigenvalue weighted by Crippen LogP contribution is -2.35. The predicted molar refractivity (Wildman–Crippen MR) is 144 cm³/mol. The zero-order valence-corrected chi connectivity index (χ0v) is 22.1. The third-order valence-electron chi connectivity index (χ3n) is 7.56. The number of fused-ring (bicyclic) bond motifs is 1. The average molecular weight is 526 g/mol. The Morgan fingerprint density at radius 1 is 1.14 bits per heavy atom. The van der Waals surface area contributed by atoms with Crippen molar-refractivity contribution in [1.82, 2.24) is 14.8 Å². The highest BCUT2D eigenvalue weighted by Gasteiger charge is 2.32. The number of piperidine rings is 1. The Kier molecular flexibility index (Phi) is 7.60. The van der Waals surface area contributed by atoms with E-state index in [1.54, 1.807) is 13.2 Å². The number of carbonyl (C=O) groups excluding carboxylic acids is 1. The summed E-state index contributed by atoms with van der Waals surface area (Å²) in [6, 6.07) is 11.6. The molecule has 0 radical (unpaired) electrons. The number of anilines is 1. The molecule has 0 amide bonds. The van der Waals surface area contributed by atoms with Crippen LogP contribution >= 0.6 is 0 Å². The molecule has 0 spiro atoms. The van der Waals surface area contributed by atoms with E-state index in [1.807, 2.05) is 35.0 Å². The zero-order chi connectivity index (χ0) is 26.0. The van der Waals surface area contributed by atoms with Crippen LogP contribution in [0.3, 0.4) is 0 Å². The monoisotopic (exact) mass is 525 g/mol. The fraction of sp³-hybridized carbons (Fsp3) is 0.519. The van der Waals surface area contributed by atoms with Gasteiger partial charge in [0.05, 0.1) is 28.2 Å². The number of rotatable bonds is 10.